The average molecular weight is 267 g/mol. The molecule has 0 saturated heterocycles. The molecule has 0 aliphatic carbocycles. The van der Waals surface area contributed by atoms with Gasteiger partial charge in [-0.25, -0.2) is 4.39 Å². The van der Waals surface area contributed by atoms with Gasteiger partial charge in [-0.1, -0.05) is 18.2 Å². The second kappa shape index (κ2) is 5.82. The van der Waals surface area contributed by atoms with E-state index in [-0.39, 0.29) is 6.42 Å². The maximum absolute atomic E-state index is 13.5. The Morgan fingerprint density at radius 2 is 1.95 bits per heavy atom. The van der Waals surface area contributed by atoms with Crippen molar-refractivity contribution >= 4 is 11.9 Å². The number of benzene rings is 1. The van der Waals surface area contributed by atoms with Gasteiger partial charge in [0, 0.05) is 12.0 Å². The zero-order valence-corrected chi connectivity index (χ0v) is 11.2. The van der Waals surface area contributed by atoms with E-state index < -0.39 is 29.2 Å². The van der Waals surface area contributed by atoms with Gasteiger partial charge in [0.15, 0.2) is 0 Å². The topological polar surface area (TPSA) is 66.4 Å². The summed E-state index contributed by atoms with van der Waals surface area (Å²) < 4.78 is 13.5. The largest absolute Gasteiger partial charge is 0.481 e. The van der Waals surface area contributed by atoms with E-state index in [0.29, 0.717) is 5.56 Å². The van der Waals surface area contributed by atoms with Gasteiger partial charge in [-0.15, -0.1) is 0 Å². The van der Waals surface area contributed by atoms with Crippen LogP contribution in [0.1, 0.15) is 38.8 Å². The van der Waals surface area contributed by atoms with E-state index in [1.807, 2.05) is 0 Å². The number of hydrogen-bond donors (Lipinski definition) is 2. The minimum absolute atomic E-state index is 0.152. The van der Waals surface area contributed by atoms with Crippen LogP contribution in [-0.4, -0.2) is 17.0 Å². The number of amides is 1. The van der Waals surface area contributed by atoms with E-state index in [1.165, 1.54) is 19.9 Å². The summed E-state index contributed by atoms with van der Waals surface area (Å²) in [4.78, 5) is 22.7. The van der Waals surface area contributed by atoms with Crippen LogP contribution in [0.4, 0.5) is 4.39 Å². The molecule has 0 saturated carbocycles. The standard InChI is InChI=1S/C14H18FNO3/c1-9(10-6-4-5-7-11(10)15)16-12(17)8-14(2,3)13(18)19/h4-7,9H,8H2,1-3H3,(H,16,17)(H,18,19)/t9-/m1/s1. The second-order valence-corrected chi connectivity index (χ2v) is 5.18. The van der Waals surface area contributed by atoms with Gasteiger partial charge in [-0.05, 0) is 26.8 Å². The van der Waals surface area contributed by atoms with Crippen LogP contribution in [0.2, 0.25) is 0 Å². The molecule has 1 aromatic rings. The smallest absolute Gasteiger partial charge is 0.309 e. The van der Waals surface area contributed by atoms with Crippen LogP contribution in [0.25, 0.3) is 0 Å². The van der Waals surface area contributed by atoms with Crippen LogP contribution in [0.3, 0.4) is 0 Å². The fraction of sp³-hybridized carbons (Fsp3) is 0.429. The summed E-state index contributed by atoms with van der Waals surface area (Å²) in [6.07, 6.45) is -0.152. The third-order valence-electron chi connectivity index (χ3n) is 2.93. The van der Waals surface area contributed by atoms with Crippen LogP contribution in [0, 0.1) is 11.2 Å². The first kappa shape index (κ1) is 15.1. The fourth-order valence-electron chi connectivity index (χ4n) is 1.67. The summed E-state index contributed by atoms with van der Waals surface area (Å²) >= 11 is 0. The highest BCUT2D eigenvalue weighted by Gasteiger charge is 2.30. The molecule has 19 heavy (non-hydrogen) atoms. The number of carboxylic acids is 1. The Morgan fingerprint density at radius 3 is 2.47 bits per heavy atom. The normalized spacial score (nSPS) is 12.8. The number of nitrogens with one attached hydrogen (secondary N) is 1. The highest BCUT2D eigenvalue weighted by Crippen LogP contribution is 2.22. The monoisotopic (exact) mass is 267 g/mol. The van der Waals surface area contributed by atoms with Gasteiger partial charge in [0.25, 0.3) is 0 Å². The molecule has 1 amide bonds. The summed E-state index contributed by atoms with van der Waals surface area (Å²) in [5.74, 6) is -1.85. The van der Waals surface area contributed by atoms with Crippen LogP contribution < -0.4 is 5.32 Å². The average Bonchev–Trinajstić information content (AvgIpc) is 2.28. The molecule has 0 heterocycles. The highest BCUT2D eigenvalue weighted by atomic mass is 19.1. The number of halogens is 1. The molecule has 0 unspecified atom stereocenters. The van der Waals surface area contributed by atoms with Crippen molar-refractivity contribution in [2.75, 3.05) is 0 Å². The third-order valence-corrected chi connectivity index (χ3v) is 2.93. The molecule has 0 aliphatic heterocycles. The molecular weight excluding hydrogens is 249 g/mol. The quantitative estimate of drug-likeness (QED) is 0.861. The van der Waals surface area contributed by atoms with Crippen molar-refractivity contribution in [2.24, 2.45) is 5.41 Å². The van der Waals surface area contributed by atoms with Crippen LogP contribution >= 0.6 is 0 Å². The van der Waals surface area contributed by atoms with Crippen molar-refractivity contribution in [3.8, 4) is 0 Å². The van der Waals surface area contributed by atoms with E-state index >= 15 is 0 Å². The second-order valence-electron chi connectivity index (χ2n) is 5.18. The van der Waals surface area contributed by atoms with Crippen LogP contribution in [0.15, 0.2) is 24.3 Å². The highest BCUT2D eigenvalue weighted by molar-refractivity contribution is 5.84. The lowest BCUT2D eigenvalue weighted by Gasteiger charge is -2.21. The van der Waals surface area contributed by atoms with Gasteiger partial charge in [0.2, 0.25) is 5.91 Å². The van der Waals surface area contributed by atoms with E-state index in [2.05, 4.69) is 5.32 Å². The molecule has 4 nitrogen and oxygen atoms in total. The molecule has 1 rings (SSSR count). The summed E-state index contributed by atoms with van der Waals surface area (Å²) in [5.41, 5.74) is -0.761. The fourth-order valence-corrected chi connectivity index (χ4v) is 1.67. The molecule has 5 heteroatoms. The van der Waals surface area contributed by atoms with Crippen LogP contribution in [-0.2, 0) is 9.59 Å². The van der Waals surface area contributed by atoms with Gasteiger partial charge in [0.1, 0.15) is 5.82 Å². The van der Waals surface area contributed by atoms with E-state index in [4.69, 9.17) is 5.11 Å². The van der Waals surface area contributed by atoms with Crippen molar-refractivity contribution in [1.29, 1.82) is 0 Å². The lowest BCUT2D eigenvalue weighted by Crippen LogP contribution is -2.34. The maximum atomic E-state index is 13.5. The SMILES string of the molecule is C[C@@H](NC(=O)CC(C)(C)C(=O)O)c1ccccc1F. The number of carbonyl (C=O) groups excluding carboxylic acids is 1. The lowest BCUT2D eigenvalue weighted by atomic mass is 9.89. The maximum Gasteiger partial charge on any atom is 0.309 e. The first-order valence-electron chi connectivity index (χ1n) is 6.01. The van der Waals surface area contributed by atoms with E-state index in [1.54, 1.807) is 25.1 Å². The van der Waals surface area contributed by atoms with E-state index in [9.17, 15) is 14.0 Å². The lowest BCUT2D eigenvalue weighted by molar-refractivity contribution is -0.149. The van der Waals surface area contributed by atoms with Crippen molar-refractivity contribution in [3.05, 3.63) is 35.6 Å². The van der Waals surface area contributed by atoms with Crippen molar-refractivity contribution in [1.82, 2.24) is 5.32 Å². The van der Waals surface area contributed by atoms with Crippen molar-refractivity contribution in [3.63, 3.8) is 0 Å². The predicted octanol–water partition coefficient (Wildman–Crippen LogP) is 2.50. The molecule has 1 aromatic carbocycles. The summed E-state index contributed by atoms with van der Waals surface area (Å²) in [5, 5.41) is 11.6. The first-order chi connectivity index (χ1) is 8.74. The Morgan fingerprint density at radius 1 is 1.37 bits per heavy atom. The van der Waals surface area contributed by atoms with Crippen molar-refractivity contribution < 1.29 is 19.1 Å². The number of rotatable bonds is 5. The zero-order chi connectivity index (χ0) is 14.6. The van der Waals surface area contributed by atoms with E-state index in [0.717, 1.165) is 0 Å². The zero-order valence-electron chi connectivity index (χ0n) is 11.2. The summed E-state index contributed by atoms with van der Waals surface area (Å²) in [7, 11) is 0. The van der Waals surface area contributed by atoms with Gasteiger partial charge in [-0.3, -0.25) is 9.59 Å². The van der Waals surface area contributed by atoms with Gasteiger partial charge < -0.3 is 10.4 Å². The van der Waals surface area contributed by atoms with Crippen LogP contribution in [0.5, 0.6) is 0 Å². The summed E-state index contributed by atoms with van der Waals surface area (Å²) in [6, 6.07) is 5.66. The Balaban J connectivity index is 2.68. The molecule has 0 spiro atoms. The Bertz CT molecular complexity index is 485. The van der Waals surface area contributed by atoms with Gasteiger partial charge in [-0.2, -0.15) is 0 Å². The summed E-state index contributed by atoms with van der Waals surface area (Å²) in [6.45, 7) is 4.61. The predicted molar refractivity (Wildman–Crippen MR) is 69.0 cm³/mol. The molecule has 0 aromatic heterocycles. The number of carbonyl (C=O) groups is 2. The molecule has 0 aliphatic rings. The number of carboxylic acid groups (broad SMARTS) is 1. The Hall–Kier alpha value is -1.91. The third kappa shape index (κ3) is 4.05. The Labute approximate surface area is 111 Å². The molecule has 1 atom stereocenters. The molecule has 0 radical (unpaired) electrons. The minimum Gasteiger partial charge on any atom is -0.481 e. The molecular formula is C14H18FNO3. The molecule has 104 valence electrons. The number of aliphatic carboxylic acids is 1. The number of hydrogen-bond acceptors (Lipinski definition) is 2. The van der Waals surface area contributed by atoms with Gasteiger partial charge in [0.05, 0.1) is 11.5 Å². The molecule has 0 fully saturated rings. The van der Waals surface area contributed by atoms with Crippen molar-refractivity contribution in [2.45, 2.75) is 33.2 Å². The minimum atomic E-state index is -1.14. The van der Waals surface area contributed by atoms with Gasteiger partial charge >= 0.3 is 5.97 Å². The Kier molecular flexibility index (Phi) is 4.64. The first-order valence-corrected chi connectivity index (χ1v) is 6.01. The molecule has 0 bridgehead atoms. The molecule has 2 N–H and O–H groups in total.